The number of anilines is 1. The number of hydrogen-bond donors (Lipinski definition) is 1. The first-order chi connectivity index (χ1) is 14.3. The van der Waals surface area contributed by atoms with Crippen LogP contribution in [0.5, 0.6) is 0 Å². The predicted molar refractivity (Wildman–Crippen MR) is 109 cm³/mol. The lowest BCUT2D eigenvalue weighted by Crippen LogP contribution is -2.24. The minimum absolute atomic E-state index is 0.0751. The second kappa shape index (κ2) is 7.75. The predicted octanol–water partition coefficient (Wildman–Crippen LogP) is 3.14. The van der Waals surface area contributed by atoms with Gasteiger partial charge in [0.2, 0.25) is 5.91 Å². The second-order valence-electron chi connectivity index (χ2n) is 6.52. The van der Waals surface area contributed by atoms with Crippen molar-refractivity contribution in [2.45, 2.75) is 19.9 Å². The number of aromatic nitrogens is 5. The number of hydrogen-bond acceptors (Lipinski definition) is 6. The Labute approximate surface area is 172 Å². The number of carbonyl (C=O) groups is 1. The van der Waals surface area contributed by atoms with Crippen molar-refractivity contribution < 1.29 is 13.6 Å². The molecule has 0 unspecified atom stereocenters. The Morgan fingerprint density at radius 1 is 1.27 bits per heavy atom. The number of nitrogens with one attached hydrogen (secondary N) is 1. The van der Waals surface area contributed by atoms with Gasteiger partial charge in [-0.1, -0.05) is 29.5 Å². The first kappa shape index (κ1) is 19.8. The topological polar surface area (TPSA) is 94.7 Å². The fourth-order valence-electron chi connectivity index (χ4n) is 3.13. The van der Waals surface area contributed by atoms with Gasteiger partial charge in [-0.3, -0.25) is 14.2 Å². The summed E-state index contributed by atoms with van der Waals surface area (Å²) in [4.78, 5) is 33.5. The zero-order chi connectivity index (χ0) is 21.4. The van der Waals surface area contributed by atoms with E-state index in [9.17, 15) is 18.4 Å². The van der Waals surface area contributed by atoms with E-state index in [-0.39, 0.29) is 28.8 Å². The van der Waals surface area contributed by atoms with Crippen LogP contribution >= 0.6 is 11.3 Å². The van der Waals surface area contributed by atoms with Gasteiger partial charge in [-0.15, -0.1) is 0 Å². The van der Waals surface area contributed by atoms with Crippen molar-refractivity contribution in [2.24, 2.45) is 7.05 Å². The van der Waals surface area contributed by atoms with Gasteiger partial charge in [0.15, 0.2) is 11.0 Å². The van der Waals surface area contributed by atoms with Crippen LogP contribution in [0.3, 0.4) is 0 Å². The molecule has 0 aliphatic carbocycles. The second-order valence-corrected chi connectivity index (χ2v) is 7.51. The molecule has 0 atom stereocenters. The number of carbonyl (C=O) groups excluding carboxylic acids is 1. The Kier molecular flexibility index (Phi) is 5.12. The third-order valence-corrected chi connectivity index (χ3v) is 5.55. The van der Waals surface area contributed by atoms with Gasteiger partial charge in [0.1, 0.15) is 0 Å². The lowest BCUT2D eigenvalue weighted by atomic mass is 10.1. The largest absolute Gasteiger partial charge is 0.320 e. The molecule has 0 aliphatic rings. The van der Waals surface area contributed by atoms with Crippen LogP contribution in [0, 0.1) is 6.92 Å². The van der Waals surface area contributed by atoms with Gasteiger partial charge in [-0.2, -0.15) is 13.9 Å². The molecule has 0 fully saturated rings. The molecule has 0 aliphatic heterocycles. The summed E-state index contributed by atoms with van der Waals surface area (Å²) in [6.45, 7) is -1.07. The van der Waals surface area contributed by atoms with E-state index in [1.165, 1.54) is 24.1 Å². The standard InChI is InChI=1S/C19H16F2N6O2S/c1-10-15(16-22-7-8-27(16)18(20)21)30-19(23-10)24-14(28)9-13-11-5-3-4-6-12(11)17(29)26(2)25-13/h3-8,18H,9H2,1-2H3,(H,23,24,28). The highest BCUT2D eigenvalue weighted by Gasteiger charge is 2.20. The normalized spacial score (nSPS) is 11.4. The summed E-state index contributed by atoms with van der Waals surface area (Å²) >= 11 is 1.06. The van der Waals surface area contributed by atoms with Crippen molar-refractivity contribution in [3.63, 3.8) is 0 Å². The molecule has 1 aromatic carbocycles. The van der Waals surface area contributed by atoms with Crippen LogP contribution in [0.15, 0.2) is 41.5 Å². The maximum Gasteiger partial charge on any atom is 0.320 e. The number of rotatable bonds is 5. The molecule has 0 spiro atoms. The number of halogens is 2. The SMILES string of the molecule is Cc1nc(NC(=O)Cc2nn(C)c(=O)c3ccccc23)sc1-c1nccn1C(F)F. The molecule has 3 heterocycles. The number of fused-ring (bicyclic) bond motifs is 1. The number of thiazole rings is 1. The fraction of sp³-hybridized carbons (Fsp3) is 0.211. The molecule has 0 saturated carbocycles. The van der Waals surface area contributed by atoms with Gasteiger partial charge in [0.25, 0.3) is 5.56 Å². The number of nitrogens with zero attached hydrogens (tertiary/aromatic N) is 5. The zero-order valence-corrected chi connectivity index (χ0v) is 16.8. The van der Waals surface area contributed by atoms with Crippen LogP contribution in [-0.2, 0) is 18.3 Å². The Hall–Kier alpha value is -3.47. The molecule has 1 amide bonds. The smallest absolute Gasteiger partial charge is 0.302 e. The van der Waals surface area contributed by atoms with Crippen LogP contribution in [0.4, 0.5) is 13.9 Å². The average Bonchev–Trinajstić information content (AvgIpc) is 3.32. The van der Waals surface area contributed by atoms with Crippen molar-refractivity contribution in [1.82, 2.24) is 24.3 Å². The van der Waals surface area contributed by atoms with Gasteiger partial charge >= 0.3 is 6.55 Å². The summed E-state index contributed by atoms with van der Waals surface area (Å²) in [5.41, 5.74) is 0.686. The first-order valence-electron chi connectivity index (χ1n) is 8.88. The fourth-order valence-corrected chi connectivity index (χ4v) is 4.11. The van der Waals surface area contributed by atoms with Crippen molar-refractivity contribution in [3.05, 3.63) is 58.4 Å². The van der Waals surface area contributed by atoms with E-state index >= 15 is 0 Å². The zero-order valence-electron chi connectivity index (χ0n) is 16.0. The van der Waals surface area contributed by atoms with Crippen molar-refractivity contribution in [1.29, 1.82) is 0 Å². The summed E-state index contributed by atoms with van der Waals surface area (Å²) in [7, 11) is 1.53. The number of imidazole rings is 1. The maximum absolute atomic E-state index is 13.1. The third-order valence-electron chi connectivity index (χ3n) is 4.49. The lowest BCUT2D eigenvalue weighted by Gasteiger charge is -2.07. The van der Waals surface area contributed by atoms with E-state index < -0.39 is 6.55 Å². The molecule has 0 radical (unpaired) electrons. The average molecular weight is 430 g/mol. The van der Waals surface area contributed by atoms with Gasteiger partial charge < -0.3 is 5.32 Å². The summed E-state index contributed by atoms with van der Waals surface area (Å²) < 4.78 is 28.2. The Morgan fingerprint density at radius 2 is 2.00 bits per heavy atom. The summed E-state index contributed by atoms with van der Waals surface area (Å²) in [6, 6.07) is 6.94. The Morgan fingerprint density at radius 3 is 2.73 bits per heavy atom. The molecule has 1 N–H and O–H groups in total. The molecule has 4 rings (SSSR count). The van der Waals surface area contributed by atoms with Gasteiger partial charge in [0, 0.05) is 24.8 Å². The number of amides is 1. The quantitative estimate of drug-likeness (QED) is 0.525. The summed E-state index contributed by atoms with van der Waals surface area (Å²) in [6.07, 6.45) is 2.40. The molecular weight excluding hydrogens is 414 g/mol. The molecule has 30 heavy (non-hydrogen) atoms. The molecule has 8 nitrogen and oxygen atoms in total. The number of alkyl halides is 2. The molecule has 11 heteroatoms. The van der Waals surface area contributed by atoms with Crippen molar-refractivity contribution in [3.8, 4) is 10.7 Å². The highest BCUT2D eigenvalue weighted by atomic mass is 32.1. The van der Waals surface area contributed by atoms with Crippen LogP contribution in [0.2, 0.25) is 0 Å². The highest BCUT2D eigenvalue weighted by Crippen LogP contribution is 2.33. The van der Waals surface area contributed by atoms with E-state index in [1.54, 1.807) is 31.2 Å². The molecule has 3 aromatic heterocycles. The minimum atomic E-state index is -2.73. The van der Waals surface area contributed by atoms with Gasteiger partial charge in [-0.25, -0.2) is 14.6 Å². The highest BCUT2D eigenvalue weighted by molar-refractivity contribution is 7.19. The Balaban J connectivity index is 1.59. The molecule has 0 bridgehead atoms. The van der Waals surface area contributed by atoms with E-state index in [4.69, 9.17) is 0 Å². The Bertz CT molecular complexity index is 1310. The van der Waals surface area contributed by atoms with Gasteiger partial charge in [-0.05, 0) is 13.0 Å². The van der Waals surface area contributed by atoms with E-state index in [0.29, 0.717) is 27.0 Å². The van der Waals surface area contributed by atoms with Crippen molar-refractivity contribution in [2.75, 3.05) is 5.32 Å². The van der Waals surface area contributed by atoms with Crippen LogP contribution in [0.25, 0.3) is 21.5 Å². The number of aryl methyl sites for hydroxylation is 2. The summed E-state index contributed by atoms with van der Waals surface area (Å²) in [5.74, 6) is -0.296. The van der Waals surface area contributed by atoms with E-state index in [2.05, 4.69) is 20.4 Å². The van der Waals surface area contributed by atoms with Crippen LogP contribution in [0.1, 0.15) is 17.9 Å². The minimum Gasteiger partial charge on any atom is -0.302 e. The molecular formula is C19H16F2N6O2S. The third kappa shape index (κ3) is 3.59. The maximum atomic E-state index is 13.1. The van der Waals surface area contributed by atoms with Crippen LogP contribution < -0.4 is 10.9 Å². The summed E-state index contributed by atoms with van der Waals surface area (Å²) in [5, 5.41) is 8.23. The van der Waals surface area contributed by atoms with E-state index in [1.807, 2.05) is 0 Å². The van der Waals surface area contributed by atoms with Crippen LogP contribution in [-0.4, -0.2) is 30.2 Å². The lowest BCUT2D eigenvalue weighted by molar-refractivity contribution is -0.115. The number of benzene rings is 1. The first-order valence-corrected chi connectivity index (χ1v) is 9.70. The monoisotopic (exact) mass is 430 g/mol. The molecule has 154 valence electrons. The van der Waals surface area contributed by atoms with E-state index in [0.717, 1.165) is 15.9 Å². The van der Waals surface area contributed by atoms with Gasteiger partial charge in [0.05, 0.1) is 28.1 Å². The van der Waals surface area contributed by atoms with Crippen molar-refractivity contribution >= 4 is 33.1 Å². The molecule has 0 saturated heterocycles. The molecule has 4 aromatic rings.